The molecule has 7 heteroatoms. The summed E-state index contributed by atoms with van der Waals surface area (Å²) < 4.78 is 11.7. The van der Waals surface area contributed by atoms with E-state index >= 15 is 0 Å². The Balaban J connectivity index is 2.39. The van der Waals surface area contributed by atoms with E-state index in [0.717, 1.165) is 12.8 Å². The van der Waals surface area contributed by atoms with Crippen LogP contribution < -0.4 is 0 Å². The zero-order valence-electron chi connectivity index (χ0n) is 14.7. The molecule has 0 amide bonds. The lowest BCUT2D eigenvalue weighted by molar-refractivity contribution is -0.155. The molecule has 0 spiro atoms. The molecule has 0 saturated carbocycles. The van der Waals surface area contributed by atoms with E-state index in [1.54, 1.807) is 27.0 Å². The summed E-state index contributed by atoms with van der Waals surface area (Å²) in [6.45, 7) is 9.56. The van der Waals surface area contributed by atoms with Gasteiger partial charge in [-0.25, -0.2) is 4.68 Å². The third kappa shape index (κ3) is 8.32. The summed E-state index contributed by atoms with van der Waals surface area (Å²) in [5, 5.41) is 7.71. The Morgan fingerprint density at radius 2 is 2.00 bits per heavy atom. The fourth-order valence-corrected chi connectivity index (χ4v) is 2.08. The summed E-state index contributed by atoms with van der Waals surface area (Å²) in [5.74, 6) is -0.317. The maximum atomic E-state index is 11.7. The Labute approximate surface area is 137 Å². The van der Waals surface area contributed by atoms with Gasteiger partial charge in [0, 0.05) is 6.42 Å². The molecule has 0 N–H and O–H groups in total. The van der Waals surface area contributed by atoms with Gasteiger partial charge in [0.05, 0.1) is 6.20 Å². The minimum atomic E-state index is -0.537. The van der Waals surface area contributed by atoms with Gasteiger partial charge in [0.1, 0.15) is 24.4 Å². The summed E-state index contributed by atoms with van der Waals surface area (Å²) in [6, 6.07) is 0. The van der Waals surface area contributed by atoms with E-state index in [9.17, 15) is 9.59 Å². The van der Waals surface area contributed by atoms with E-state index in [-0.39, 0.29) is 25.1 Å². The molecule has 130 valence electrons. The summed E-state index contributed by atoms with van der Waals surface area (Å²) in [7, 11) is 0. The van der Waals surface area contributed by atoms with Crippen molar-refractivity contribution in [3.8, 4) is 0 Å². The average Bonchev–Trinajstić information content (AvgIpc) is 2.81. The second kappa shape index (κ2) is 8.64. The molecule has 0 aromatic carbocycles. The van der Waals surface area contributed by atoms with Crippen molar-refractivity contribution in [3.63, 3.8) is 0 Å². The fourth-order valence-electron chi connectivity index (χ4n) is 2.08. The predicted molar refractivity (Wildman–Crippen MR) is 84.4 cm³/mol. The van der Waals surface area contributed by atoms with Gasteiger partial charge in [0.25, 0.3) is 0 Å². The van der Waals surface area contributed by atoms with Crippen LogP contribution in [-0.4, -0.2) is 32.5 Å². The normalized spacial score (nSPS) is 12.7. The van der Waals surface area contributed by atoms with Crippen molar-refractivity contribution in [2.24, 2.45) is 5.92 Å². The quantitative estimate of drug-likeness (QED) is 0.683. The minimum Gasteiger partial charge on any atom is -0.459 e. The van der Waals surface area contributed by atoms with Crippen molar-refractivity contribution in [2.45, 2.75) is 72.6 Å². The zero-order chi connectivity index (χ0) is 17.5. The average molecular weight is 325 g/mol. The predicted octanol–water partition coefficient (Wildman–Crippen LogP) is 2.49. The van der Waals surface area contributed by atoms with Gasteiger partial charge in [0.2, 0.25) is 0 Å². The molecule has 1 heterocycles. The van der Waals surface area contributed by atoms with Gasteiger partial charge in [-0.15, -0.1) is 5.10 Å². The van der Waals surface area contributed by atoms with Gasteiger partial charge in [-0.05, 0) is 26.7 Å². The molecular weight excluding hydrogens is 298 g/mol. The molecule has 7 nitrogen and oxygen atoms in total. The Bertz CT molecular complexity index is 520. The largest absolute Gasteiger partial charge is 0.459 e. The van der Waals surface area contributed by atoms with E-state index in [0.29, 0.717) is 18.0 Å². The van der Waals surface area contributed by atoms with Crippen LogP contribution in [0.4, 0.5) is 0 Å². The van der Waals surface area contributed by atoms with E-state index in [4.69, 9.17) is 9.47 Å². The molecule has 0 aliphatic rings. The van der Waals surface area contributed by atoms with Crippen LogP contribution in [-0.2, 0) is 32.2 Å². The molecule has 1 atom stereocenters. The number of esters is 2. The summed E-state index contributed by atoms with van der Waals surface area (Å²) >= 11 is 0. The first-order valence-corrected chi connectivity index (χ1v) is 7.96. The number of hydrogen-bond donors (Lipinski definition) is 0. The Kier molecular flexibility index (Phi) is 7.19. The number of nitrogens with zero attached hydrogens (tertiary/aromatic N) is 3. The highest BCUT2D eigenvalue weighted by Gasteiger charge is 2.17. The third-order valence-electron chi connectivity index (χ3n) is 2.97. The second-order valence-electron chi connectivity index (χ2n) is 6.75. The third-order valence-corrected chi connectivity index (χ3v) is 2.97. The first kappa shape index (κ1) is 19.1. The molecule has 0 saturated heterocycles. The number of ether oxygens (including phenoxy) is 2. The smallest absolute Gasteiger partial charge is 0.328 e. The van der Waals surface area contributed by atoms with Crippen molar-refractivity contribution in [2.75, 3.05) is 0 Å². The van der Waals surface area contributed by atoms with E-state index in [1.165, 1.54) is 4.68 Å². The monoisotopic (exact) mass is 325 g/mol. The number of aromatic nitrogens is 3. The maximum Gasteiger partial charge on any atom is 0.328 e. The molecule has 0 aliphatic heterocycles. The van der Waals surface area contributed by atoms with Crippen LogP contribution in [0.25, 0.3) is 0 Å². The van der Waals surface area contributed by atoms with E-state index < -0.39 is 5.60 Å². The topological polar surface area (TPSA) is 83.3 Å². The fraction of sp³-hybridized carbons (Fsp3) is 0.750. The van der Waals surface area contributed by atoms with Crippen LogP contribution in [0, 0.1) is 5.92 Å². The molecule has 1 unspecified atom stereocenters. The minimum absolute atomic E-state index is 0.0221. The second-order valence-corrected chi connectivity index (χ2v) is 6.75. The zero-order valence-corrected chi connectivity index (χ0v) is 14.7. The highest BCUT2D eigenvalue weighted by molar-refractivity contribution is 5.70. The van der Waals surface area contributed by atoms with Crippen LogP contribution in [0.5, 0.6) is 0 Å². The highest BCUT2D eigenvalue weighted by Crippen LogP contribution is 2.11. The first-order valence-electron chi connectivity index (χ1n) is 7.96. The van der Waals surface area contributed by atoms with Crippen molar-refractivity contribution >= 4 is 11.9 Å². The standard InChI is InChI=1S/C16H27N3O4/c1-6-7-12(2)8-14(20)22-11-13-9-19(18-17-13)10-15(21)23-16(3,4)5/h9,12H,6-8,10-11H2,1-5H3. The lowest BCUT2D eigenvalue weighted by Crippen LogP contribution is -2.26. The summed E-state index contributed by atoms with van der Waals surface area (Å²) in [5.41, 5.74) is -0.0318. The van der Waals surface area contributed by atoms with Gasteiger partial charge >= 0.3 is 11.9 Å². The molecule has 0 radical (unpaired) electrons. The Hall–Kier alpha value is -1.92. The van der Waals surface area contributed by atoms with Gasteiger partial charge in [-0.2, -0.15) is 0 Å². The molecule has 1 rings (SSSR count). The van der Waals surface area contributed by atoms with Crippen LogP contribution in [0.15, 0.2) is 6.20 Å². The Morgan fingerprint density at radius 1 is 1.30 bits per heavy atom. The maximum absolute atomic E-state index is 11.7. The Morgan fingerprint density at radius 3 is 2.61 bits per heavy atom. The molecule has 0 fully saturated rings. The highest BCUT2D eigenvalue weighted by atomic mass is 16.6. The molecule has 0 aliphatic carbocycles. The molecule has 1 aromatic heterocycles. The molecule has 23 heavy (non-hydrogen) atoms. The summed E-state index contributed by atoms with van der Waals surface area (Å²) in [6.07, 6.45) is 4.03. The van der Waals surface area contributed by atoms with Crippen LogP contribution in [0.3, 0.4) is 0 Å². The number of carbonyl (C=O) groups excluding carboxylic acids is 2. The molecular formula is C16H27N3O4. The van der Waals surface area contributed by atoms with Crippen LogP contribution in [0.1, 0.15) is 59.6 Å². The number of carbonyl (C=O) groups is 2. The SMILES string of the molecule is CCCC(C)CC(=O)OCc1cn(CC(=O)OC(C)(C)C)nn1. The van der Waals surface area contributed by atoms with Crippen molar-refractivity contribution < 1.29 is 19.1 Å². The van der Waals surface area contributed by atoms with Crippen LogP contribution in [0.2, 0.25) is 0 Å². The lowest BCUT2D eigenvalue weighted by Gasteiger charge is -2.19. The number of hydrogen-bond acceptors (Lipinski definition) is 6. The van der Waals surface area contributed by atoms with Crippen molar-refractivity contribution in [1.29, 1.82) is 0 Å². The van der Waals surface area contributed by atoms with Crippen LogP contribution >= 0.6 is 0 Å². The number of rotatable bonds is 8. The van der Waals surface area contributed by atoms with Gasteiger partial charge < -0.3 is 9.47 Å². The van der Waals surface area contributed by atoms with Gasteiger partial charge in [-0.1, -0.05) is 31.9 Å². The summed E-state index contributed by atoms with van der Waals surface area (Å²) in [4.78, 5) is 23.4. The van der Waals surface area contributed by atoms with Crippen molar-refractivity contribution in [1.82, 2.24) is 15.0 Å². The lowest BCUT2D eigenvalue weighted by atomic mass is 10.0. The van der Waals surface area contributed by atoms with E-state index in [2.05, 4.69) is 17.2 Å². The van der Waals surface area contributed by atoms with Gasteiger partial charge in [0.15, 0.2) is 0 Å². The van der Waals surface area contributed by atoms with Gasteiger partial charge in [-0.3, -0.25) is 9.59 Å². The molecule has 0 bridgehead atoms. The first-order chi connectivity index (χ1) is 10.7. The van der Waals surface area contributed by atoms with E-state index in [1.807, 2.05) is 6.92 Å². The van der Waals surface area contributed by atoms with Crippen molar-refractivity contribution in [3.05, 3.63) is 11.9 Å². The molecule has 1 aromatic rings.